The van der Waals surface area contributed by atoms with Gasteiger partial charge >= 0.3 is 0 Å². The molecule has 1 heterocycles. The third kappa shape index (κ3) is 3.69. The van der Waals surface area contributed by atoms with Gasteiger partial charge in [-0.25, -0.2) is 0 Å². The zero-order valence-electron chi connectivity index (χ0n) is 9.27. The quantitative estimate of drug-likeness (QED) is 0.743. The second-order valence-corrected chi connectivity index (χ2v) is 3.53. The molecular formula is C12H17N3. The Labute approximate surface area is 91.3 Å². The van der Waals surface area contributed by atoms with E-state index in [1.807, 2.05) is 0 Å². The third-order valence-electron chi connectivity index (χ3n) is 2.37. The molecule has 2 atom stereocenters. The van der Waals surface area contributed by atoms with Crippen LogP contribution in [0.15, 0.2) is 18.6 Å². The van der Waals surface area contributed by atoms with E-state index in [4.69, 9.17) is 6.42 Å². The van der Waals surface area contributed by atoms with E-state index in [-0.39, 0.29) is 6.04 Å². The molecule has 1 N–H and O–H groups in total. The minimum absolute atomic E-state index is 0.192. The summed E-state index contributed by atoms with van der Waals surface area (Å²) in [5.74, 6) is 2.68. The molecule has 1 rings (SSSR count). The highest BCUT2D eigenvalue weighted by molar-refractivity contribution is 5.02. The lowest BCUT2D eigenvalue weighted by Gasteiger charge is -2.19. The zero-order chi connectivity index (χ0) is 11.1. The van der Waals surface area contributed by atoms with Gasteiger partial charge in [0.2, 0.25) is 0 Å². The Balaban J connectivity index is 2.55. The van der Waals surface area contributed by atoms with E-state index in [0.29, 0.717) is 6.04 Å². The maximum absolute atomic E-state index is 5.30. The first-order chi connectivity index (χ1) is 7.27. The van der Waals surface area contributed by atoms with Crippen LogP contribution in [0.4, 0.5) is 0 Å². The molecule has 0 amide bonds. The second-order valence-electron chi connectivity index (χ2n) is 3.53. The molecule has 1 aromatic heterocycles. The van der Waals surface area contributed by atoms with Gasteiger partial charge in [0.1, 0.15) is 0 Å². The van der Waals surface area contributed by atoms with Crippen LogP contribution in [0.25, 0.3) is 0 Å². The molecule has 0 aromatic carbocycles. The van der Waals surface area contributed by atoms with Crippen molar-refractivity contribution in [3.63, 3.8) is 0 Å². The number of rotatable bonds is 5. The van der Waals surface area contributed by atoms with E-state index in [2.05, 4.69) is 35.1 Å². The van der Waals surface area contributed by atoms with Crippen LogP contribution < -0.4 is 5.32 Å². The van der Waals surface area contributed by atoms with E-state index >= 15 is 0 Å². The minimum atomic E-state index is 0.192. The van der Waals surface area contributed by atoms with Crippen molar-refractivity contribution in [2.75, 3.05) is 0 Å². The first-order valence-electron chi connectivity index (χ1n) is 5.23. The third-order valence-corrected chi connectivity index (χ3v) is 2.37. The summed E-state index contributed by atoms with van der Waals surface area (Å²) in [6.45, 7) is 4.20. The van der Waals surface area contributed by atoms with Gasteiger partial charge in [0.05, 0.1) is 5.69 Å². The lowest BCUT2D eigenvalue weighted by molar-refractivity contribution is 0.442. The normalized spacial score (nSPS) is 14.2. The molecule has 1 aromatic rings. The van der Waals surface area contributed by atoms with Gasteiger partial charge in [0.15, 0.2) is 0 Å². The van der Waals surface area contributed by atoms with Gasteiger partial charge in [0.25, 0.3) is 0 Å². The van der Waals surface area contributed by atoms with Gasteiger partial charge in [-0.05, 0) is 13.3 Å². The number of nitrogens with one attached hydrogen (secondary N) is 1. The van der Waals surface area contributed by atoms with Gasteiger partial charge < -0.3 is 5.32 Å². The molecule has 0 radical (unpaired) electrons. The number of hydrogen-bond acceptors (Lipinski definition) is 3. The molecule has 0 aliphatic carbocycles. The number of terminal acetylenes is 1. The van der Waals surface area contributed by atoms with Crippen LogP contribution in [0, 0.1) is 12.3 Å². The summed E-state index contributed by atoms with van der Waals surface area (Å²) in [7, 11) is 0. The highest BCUT2D eigenvalue weighted by atomic mass is 15.0. The Morgan fingerprint density at radius 1 is 1.53 bits per heavy atom. The average Bonchev–Trinajstić information content (AvgIpc) is 2.29. The Kier molecular flexibility index (Phi) is 4.79. The smallest absolute Gasteiger partial charge is 0.0753 e. The molecule has 0 saturated heterocycles. The monoisotopic (exact) mass is 203 g/mol. The fourth-order valence-corrected chi connectivity index (χ4v) is 1.44. The van der Waals surface area contributed by atoms with Crippen molar-refractivity contribution in [1.82, 2.24) is 15.3 Å². The lowest BCUT2D eigenvalue weighted by atomic mass is 10.1. The Morgan fingerprint density at radius 2 is 2.33 bits per heavy atom. The number of hydrogen-bond donors (Lipinski definition) is 1. The molecule has 0 aliphatic rings. The second kappa shape index (κ2) is 6.15. The van der Waals surface area contributed by atoms with Crippen LogP contribution in [0.3, 0.4) is 0 Å². The predicted molar refractivity (Wildman–Crippen MR) is 61.1 cm³/mol. The van der Waals surface area contributed by atoms with Gasteiger partial charge in [0, 0.05) is 37.1 Å². The van der Waals surface area contributed by atoms with Crippen molar-refractivity contribution in [2.45, 2.75) is 38.8 Å². The molecule has 3 heteroatoms. The summed E-state index contributed by atoms with van der Waals surface area (Å²) in [5.41, 5.74) is 0.952. The van der Waals surface area contributed by atoms with Gasteiger partial charge in [-0.2, -0.15) is 0 Å². The van der Waals surface area contributed by atoms with Crippen LogP contribution in [0.1, 0.15) is 38.4 Å². The molecule has 15 heavy (non-hydrogen) atoms. The summed E-state index contributed by atoms with van der Waals surface area (Å²) in [6.07, 6.45) is 12.2. The summed E-state index contributed by atoms with van der Waals surface area (Å²) < 4.78 is 0. The Morgan fingerprint density at radius 3 is 2.87 bits per heavy atom. The molecule has 80 valence electrons. The van der Waals surface area contributed by atoms with Crippen LogP contribution in [-0.2, 0) is 0 Å². The largest absolute Gasteiger partial charge is 0.305 e. The number of nitrogens with zero attached hydrogens (tertiary/aromatic N) is 2. The molecule has 0 fully saturated rings. The summed E-state index contributed by atoms with van der Waals surface area (Å²) >= 11 is 0. The van der Waals surface area contributed by atoms with Crippen molar-refractivity contribution >= 4 is 0 Å². The highest BCUT2D eigenvalue weighted by Gasteiger charge is 2.11. The topological polar surface area (TPSA) is 37.8 Å². The van der Waals surface area contributed by atoms with E-state index in [9.17, 15) is 0 Å². The molecule has 0 saturated carbocycles. The molecule has 3 nitrogen and oxygen atoms in total. The summed E-state index contributed by atoms with van der Waals surface area (Å²) in [4.78, 5) is 8.29. The number of aromatic nitrogens is 2. The van der Waals surface area contributed by atoms with E-state index in [1.165, 1.54) is 0 Å². The van der Waals surface area contributed by atoms with Gasteiger partial charge in [-0.15, -0.1) is 12.3 Å². The fraction of sp³-hybridized carbons (Fsp3) is 0.500. The van der Waals surface area contributed by atoms with Crippen LogP contribution in [0.2, 0.25) is 0 Å². The molecule has 0 spiro atoms. The molecule has 0 aliphatic heterocycles. The van der Waals surface area contributed by atoms with Crippen molar-refractivity contribution in [1.29, 1.82) is 0 Å². The van der Waals surface area contributed by atoms with E-state index in [0.717, 1.165) is 18.5 Å². The first kappa shape index (κ1) is 11.7. The summed E-state index contributed by atoms with van der Waals surface area (Å²) in [6, 6.07) is 0.545. The summed E-state index contributed by atoms with van der Waals surface area (Å²) in [5, 5.41) is 3.44. The van der Waals surface area contributed by atoms with E-state index < -0.39 is 0 Å². The van der Waals surface area contributed by atoms with Crippen LogP contribution in [-0.4, -0.2) is 16.0 Å². The van der Waals surface area contributed by atoms with Crippen molar-refractivity contribution in [3.05, 3.63) is 24.3 Å². The lowest BCUT2D eigenvalue weighted by Crippen LogP contribution is -2.31. The zero-order valence-corrected chi connectivity index (χ0v) is 9.27. The van der Waals surface area contributed by atoms with Crippen LogP contribution in [0.5, 0.6) is 0 Å². The van der Waals surface area contributed by atoms with E-state index in [1.54, 1.807) is 18.6 Å². The van der Waals surface area contributed by atoms with Crippen LogP contribution >= 0.6 is 0 Å². The SMILES string of the molecule is C#CCC(CC)NC(C)c1cnccn1. The van der Waals surface area contributed by atoms with Gasteiger partial charge in [-0.1, -0.05) is 6.92 Å². The van der Waals surface area contributed by atoms with Crippen molar-refractivity contribution in [2.24, 2.45) is 0 Å². The highest BCUT2D eigenvalue weighted by Crippen LogP contribution is 2.10. The predicted octanol–water partition coefficient (Wildman–Crippen LogP) is 1.93. The first-order valence-corrected chi connectivity index (χ1v) is 5.23. The standard InChI is InChI=1S/C12H17N3/c1-4-6-11(5-2)15-10(3)12-9-13-7-8-14-12/h1,7-11,15H,5-6H2,2-3H3. The maximum Gasteiger partial charge on any atom is 0.0753 e. The fourth-order valence-electron chi connectivity index (χ4n) is 1.44. The molecular weight excluding hydrogens is 186 g/mol. The maximum atomic E-state index is 5.30. The molecule has 2 unspecified atom stereocenters. The van der Waals surface area contributed by atoms with Crippen molar-refractivity contribution < 1.29 is 0 Å². The minimum Gasteiger partial charge on any atom is -0.305 e. The Bertz CT molecular complexity index is 315. The molecule has 0 bridgehead atoms. The Hall–Kier alpha value is -1.40. The van der Waals surface area contributed by atoms with Crippen molar-refractivity contribution in [3.8, 4) is 12.3 Å². The van der Waals surface area contributed by atoms with Gasteiger partial charge in [-0.3, -0.25) is 9.97 Å². The average molecular weight is 203 g/mol.